The van der Waals surface area contributed by atoms with Gasteiger partial charge in [0.2, 0.25) is 0 Å². The van der Waals surface area contributed by atoms with Crippen molar-refractivity contribution in [1.29, 1.82) is 0 Å². The van der Waals surface area contributed by atoms with Crippen LogP contribution in [0, 0.1) is 11.0 Å². The van der Waals surface area contributed by atoms with Crippen LogP contribution in [0.25, 0.3) is 21.3 Å². The highest BCUT2D eigenvalue weighted by Crippen LogP contribution is 2.36. The van der Waals surface area contributed by atoms with Gasteiger partial charge in [-0.1, -0.05) is 35.9 Å². The number of hydrogen-bond acceptors (Lipinski definition) is 5. The standard InChI is InChI=1S/C20H13ClFN2O2S/c21-15-3-1-2-13(9-15)18-19(22)14(10-17-20(18)23-11-27-17)8-12-4-6-16(7-5-12)24(25)26/h1-7,9-11,25H,8H2/q-1. The van der Waals surface area contributed by atoms with Gasteiger partial charge in [0, 0.05) is 17.0 Å². The largest absolute Gasteiger partial charge is 0.733 e. The second-order valence-electron chi connectivity index (χ2n) is 6.05. The van der Waals surface area contributed by atoms with Crippen LogP contribution >= 0.6 is 22.9 Å². The first-order valence-electron chi connectivity index (χ1n) is 8.08. The predicted octanol–water partition coefficient (Wildman–Crippen LogP) is 6.04. The quantitative estimate of drug-likeness (QED) is 0.425. The third-order valence-electron chi connectivity index (χ3n) is 4.30. The summed E-state index contributed by atoms with van der Waals surface area (Å²) in [6, 6.07) is 15.2. The Hall–Kier alpha value is -2.51. The minimum Gasteiger partial charge on any atom is -0.733 e. The van der Waals surface area contributed by atoms with Crippen molar-refractivity contribution in [2.24, 2.45) is 0 Å². The fourth-order valence-corrected chi connectivity index (χ4v) is 3.97. The summed E-state index contributed by atoms with van der Waals surface area (Å²) in [5.74, 6) is -0.340. The maximum Gasteiger partial charge on any atom is 0.136 e. The molecule has 1 N–H and O–H groups in total. The normalized spacial score (nSPS) is 11.1. The highest BCUT2D eigenvalue weighted by Gasteiger charge is 2.17. The molecule has 27 heavy (non-hydrogen) atoms. The van der Waals surface area contributed by atoms with E-state index >= 15 is 4.39 Å². The van der Waals surface area contributed by atoms with E-state index in [1.165, 1.54) is 23.5 Å². The zero-order valence-corrected chi connectivity index (χ0v) is 15.5. The SMILES string of the molecule is [O-]N(O)c1ccc(Cc2cc3scnc3c(-c3cccc(Cl)c3)c2F)cc1. The summed E-state index contributed by atoms with van der Waals surface area (Å²) >= 11 is 7.54. The lowest BCUT2D eigenvalue weighted by molar-refractivity contribution is 0.296. The molecule has 0 fully saturated rings. The summed E-state index contributed by atoms with van der Waals surface area (Å²) in [7, 11) is 0. The van der Waals surface area contributed by atoms with Crippen LogP contribution in [0.15, 0.2) is 60.1 Å². The molecule has 0 amide bonds. The lowest BCUT2D eigenvalue weighted by Crippen LogP contribution is -2.06. The molecule has 0 aliphatic heterocycles. The Labute approximate surface area is 163 Å². The van der Waals surface area contributed by atoms with Crippen molar-refractivity contribution in [3.05, 3.63) is 87.3 Å². The van der Waals surface area contributed by atoms with E-state index in [1.807, 2.05) is 6.07 Å². The van der Waals surface area contributed by atoms with E-state index in [0.29, 0.717) is 33.7 Å². The zero-order chi connectivity index (χ0) is 19.0. The van der Waals surface area contributed by atoms with Gasteiger partial charge in [-0.05, 0) is 47.0 Å². The van der Waals surface area contributed by atoms with Crippen molar-refractivity contribution in [3.63, 3.8) is 0 Å². The third-order valence-corrected chi connectivity index (χ3v) is 5.31. The zero-order valence-electron chi connectivity index (χ0n) is 13.9. The number of nitrogens with zero attached hydrogens (tertiary/aromatic N) is 2. The number of hydrogen-bond donors (Lipinski definition) is 1. The number of fused-ring (bicyclic) bond motifs is 1. The van der Waals surface area contributed by atoms with Crippen molar-refractivity contribution >= 4 is 38.8 Å². The van der Waals surface area contributed by atoms with Gasteiger partial charge in [-0.2, -0.15) is 0 Å². The Morgan fingerprint density at radius 1 is 1.15 bits per heavy atom. The number of rotatable bonds is 4. The highest BCUT2D eigenvalue weighted by molar-refractivity contribution is 7.16. The van der Waals surface area contributed by atoms with E-state index in [1.54, 1.807) is 41.9 Å². The summed E-state index contributed by atoms with van der Waals surface area (Å²) in [6.07, 6.45) is 0.345. The van der Waals surface area contributed by atoms with Gasteiger partial charge in [0.05, 0.1) is 21.4 Å². The van der Waals surface area contributed by atoms with Crippen LogP contribution in [0.4, 0.5) is 10.1 Å². The molecule has 4 rings (SSSR count). The van der Waals surface area contributed by atoms with Crippen molar-refractivity contribution < 1.29 is 9.60 Å². The van der Waals surface area contributed by atoms with Gasteiger partial charge in [-0.3, -0.25) is 5.21 Å². The molecule has 136 valence electrons. The van der Waals surface area contributed by atoms with Crippen LogP contribution in [0.3, 0.4) is 0 Å². The van der Waals surface area contributed by atoms with Crippen LogP contribution < -0.4 is 5.23 Å². The molecule has 4 aromatic rings. The first-order valence-corrected chi connectivity index (χ1v) is 9.34. The number of halogens is 2. The van der Waals surface area contributed by atoms with E-state index in [-0.39, 0.29) is 16.7 Å². The summed E-state index contributed by atoms with van der Waals surface area (Å²) in [6.45, 7) is 0. The summed E-state index contributed by atoms with van der Waals surface area (Å²) in [4.78, 5) is 4.33. The molecule has 0 aliphatic rings. The molecule has 1 aromatic heterocycles. The van der Waals surface area contributed by atoms with E-state index in [2.05, 4.69) is 4.98 Å². The molecule has 0 saturated heterocycles. The Morgan fingerprint density at radius 3 is 2.63 bits per heavy atom. The molecule has 0 unspecified atom stereocenters. The van der Waals surface area contributed by atoms with Crippen LogP contribution in [0.5, 0.6) is 0 Å². The molecule has 0 radical (unpaired) electrons. The van der Waals surface area contributed by atoms with E-state index < -0.39 is 0 Å². The molecule has 0 bridgehead atoms. The van der Waals surface area contributed by atoms with Crippen LogP contribution in [-0.4, -0.2) is 10.2 Å². The Balaban J connectivity index is 1.81. The molecule has 0 saturated carbocycles. The monoisotopic (exact) mass is 399 g/mol. The van der Waals surface area contributed by atoms with Crippen LogP contribution in [0.1, 0.15) is 11.1 Å². The van der Waals surface area contributed by atoms with E-state index in [4.69, 9.17) is 16.8 Å². The van der Waals surface area contributed by atoms with Crippen molar-refractivity contribution in [2.75, 3.05) is 5.23 Å². The maximum atomic E-state index is 15.4. The van der Waals surface area contributed by atoms with E-state index in [9.17, 15) is 5.21 Å². The second kappa shape index (κ2) is 7.25. The molecule has 0 aliphatic carbocycles. The number of anilines is 1. The van der Waals surface area contributed by atoms with Crippen molar-refractivity contribution in [3.8, 4) is 11.1 Å². The predicted molar refractivity (Wildman–Crippen MR) is 107 cm³/mol. The second-order valence-corrected chi connectivity index (χ2v) is 7.37. The minimum absolute atomic E-state index is 0.122. The molecule has 3 aromatic carbocycles. The summed E-state index contributed by atoms with van der Waals surface area (Å²) in [5.41, 5.74) is 4.89. The van der Waals surface area contributed by atoms with Crippen LogP contribution in [0.2, 0.25) is 5.02 Å². The van der Waals surface area contributed by atoms with E-state index in [0.717, 1.165) is 10.3 Å². The first kappa shape index (κ1) is 17.9. The van der Waals surface area contributed by atoms with Gasteiger partial charge in [0.1, 0.15) is 5.82 Å². The Morgan fingerprint density at radius 2 is 1.93 bits per heavy atom. The first-order chi connectivity index (χ1) is 13.0. The van der Waals surface area contributed by atoms with Gasteiger partial charge < -0.3 is 10.4 Å². The molecule has 7 heteroatoms. The van der Waals surface area contributed by atoms with Gasteiger partial charge in [-0.15, -0.1) is 11.3 Å². The third kappa shape index (κ3) is 3.52. The van der Waals surface area contributed by atoms with Crippen molar-refractivity contribution in [2.45, 2.75) is 6.42 Å². The molecular weight excluding hydrogens is 387 g/mol. The highest BCUT2D eigenvalue weighted by atomic mass is 35.5. The van der Waals surface area contributed by atoms with Gasteiger partial charge in [-0.25, -0.2) is 9.37 Å². The number of aromatic nitrogens is 1. The average Bonchev–Trinajstić information content (AvgIpc) is 3.10. The maximum absolute atomic E-state index is 15.4. The topological polar surface area (TPSA) is 59.4 Å². The van der Waals surface area contributed by atoms with Gasteiger partial charge >= 0.3 is 0 Å². The molecule has 0 spiro atoms. The fourth-order valence-electron chi connectivity index (χ4n) is 3.03. The number of benzene rings is 3. The molecule has 1 heterocycles. The fraction of sp³-hybridized carbons (Fsp3) is 0.0500. The lowest BCUT2D eigenvalue weighted by atomic mass is 9.97. The molecule has 0 atom stereocenters. The molecule has 4 nitrogen and oxygen atoms in total. The van der Waals surface area contributed by atoms with Gasteiger partial charge in [0.25, 0.3) is 0 Å². The number of thiazole rings is 1. The Bertz CT molecular complexity index is 1110. The Kier molecular flexibility index (Phi) is 4.80. The molecular formula is C20H13ClFN2O2S-. The minimum atomic E-state index is -0.340. The summed E-state index contributed by atoms with van der Waals surface area (Å²) < 4.78 is 16.3. The average molecular weight is 400 g/mol. The summed E-state index contributed by atoms with van der Waals surface area (Å²) in [5, 5.41) is 20.2. The lowest BCUT2D eigenvalue weighted by Gasteiger charge is -2.21. The van der Waals surface area contributed by atoms with Gasteiger partial charge in [0.15, 0.2) is 0 Å². The van der Waals surface area contributed by atoms with Crippen LogP contribution in [-0.2, 0) is 6.42 Å². The smallest absolute Gasteiger partial charge is 0.136 e. The van der Waals surface area contributed by atoms with Crippen molar-refractivity contribution in [1.82, 2.24) is 4.98 Å².